The number of carbonyl (C=O) groups excluding carboxylic acids is 2. The van der Waals surface area contributed by atoms with Crippen molar-refractivity contribution in [2.75, 3.05) is 12.4 Å². The number of methoxy groups -OCH3 is 1. The van der Waals surface area contributed by atoms with Crippen LogP contribution in [0.25, 0.3) is 6.08 Å². The van der Waals surface area contributed by atoms with Crippen LogP contribution in [0.1, 0.15) is 15.9 Å². The third-order valence-electron chi connectivity index (χ3n) is 4.29. The predicted octanol–water partition coefficient (Wildman–Crippen LogP) is 4.01. The molecule has 0 saturated heterocycles. The van der Waals surface area contributed by atoms with E-state index in [1.54, 1.807) is 54.6 Å². The van der Waals surface area contributed by atoms with Crippen LogP contribution in [-0.4, -0.2) is 23.8 Å². The second kappa shape index (κ2) is 9.84. The Morgan fingerprint density at radius 2 is 1.58 bits per heavy atom. The van der Waals surface area contributed by atoms with Crippen molar-refractivity contribution >= 4 is 29.3 Å². The Hall–Kier alpha value is -4.46. The second-order valence-corrected chi connectivity index (χ2v) is 6.41. The number of nitrogens with zero attached hydrogens (tertiary/aromatic N) is 1. The highest BCUT2D eigenvalue weighted by Crippen LogP contribution is 2.17. The Balaban J connectivity index is 1.87. The number of non-ortho nitro benzene ring substituents is 1. The number of ether oxygens (including phenoxy) is 1. The fourth-order valence-electron chi connectivity index (χ4n) is 2.67. The van der Waals surface area contributed by atoms with E-state index in [9.17, 15) is 19.7 Å². The molecule has 3 aromatic carbocycles. The molecule has 0 bridgehead atoms. The summed E-state index contributed by atoms with van der Waals surface area (Å²) in [5, 5.41) is 16.2. The largest absolute Gasteiger partial charge is 0.497 e. The van der Waals surface area contributed by atoms with Crippen LogP contribution in [0, 0.1) is 10.1 Å². The number of rotatable bonds is 7. The fourth-order valence-corrected chi connectivity index (χ4v) is 2.67. The third kappa shape index (κ3) is 5.77. The molecule has 0 aromatic heterocycles. The van der Waals surface area contributed by atoms with Crippen molar-refractivity contribution in [2.24, 2.45) is 0 Å². The molecule has 2 N–H and O–H groups in total. The standard InChI is InChI=1S/C23H19N3O5/c1-31-20-13-9-18(10-14-20)24-23(28)21(25-22(27)17-5-3-2-4-6-17)15-16-7-11-19(12-8-16)26(29)30/h2-15H,1H3,(H,24,28)(H,25,27)/b21-15+. The molecule has 8 nitrogen and oxygen atoms in total. The Bertz CT molecular complexity index is 1110. The van der Waals surface area contributed by atoms with Gasteiger partial charge in [-0.1, -0.05) is 18.2 Å². The van der Waals surface area contributed by atoms with Crippen molar-refractivity contribution < 1.29 is 19.2 Å². The minimum Gasteiger partial charge on any atom is -0.497 e. The lowest BCUT2D eigenvalue weighted by atomic mass is 10.1. The maximum absolute atomic E-state index is 12.9. The molecule has 0 aliphatic carbocycles. The maximum atomic E-state index is 12.9. The topological polar surface area (TPSA) is 111 Å². The highest BCUT2D eigenvalue weighted by Gasteiger charge is 2.15. The number of carbonyl (C=O) groups is 2. The van der Waals surface area contributed by atoms with E-state index in [-0.39, 0.29) is 11.4 Å². The minimum absolute atomic E-state index is 0.0153. The van der Waals surface area contributed by atoms with Gasteiger partial charge in [-0.05, 0) is 60.2 Å². The van der Waals surface area contributed by atoms with Crippen LogP contribution < -0.4 is 15.4 Å². The third-order valence-corrected chi connectivity index (χ3v) is 4.29. The zero-order valence-electron chi connectivity index (χ0n) is 16.6. The summed E-state index contributed by atoms with van der Waals surface area (Å²) >= 11 is 0. The van der Waals surface area contributed by atoms with Gasteiger partial charge in [-0.3, -0.25) is 19.7 Å². The molecule has 0 radical (unpaired) electrons. The molecular formula is C23H19N3O5. The summed E-state index contributed by atoms with van der Waals surface area (Å²) in [6, 6.07) is 20.8. The van der Waals surface area contributed by atoms with Crippen LogP contribution in [0.15, 0.2) is 84.6 Å². The molecule has 0 spiro atoms. The molecule has 0 heterocycles. The summed E-state index contributed by atoms with van der Waals surface area (Å²) in [5.41, 5.74) is 1.32. The molecule has 156 valence electrons. The Labute approximate surface area is 178 Å². The van der Waals surface area contributed by atoms with Gasteiger partial charge in [-0.15, -0.1) is 0 Å². The average molecular weight is 417 g/mol. The average Bonchev–Trinajstić information content (AvgIpc) is 2.80. The van der Waals surface area contributed by atoms with Crippen molar-refractivity contribution in [2.45, 2.75) is 0 Å². The first-order valence-electron chi connectivity index (χ1n) is 9.24. The SMILES string of the molecule is COc1ccc(NC(=O)/C(=C\c2ccc([N+](=O)[O-])cc2)NC(=O)c2ccccc2)cc1. The normalized spacial score (nSPS) is 10.8. The summed E-state index contributed by atoms with van der Waals surface area (Å²) in [6.07, 6.45) is 1.45. The van der Waals surface area contributed by atoms with E-state index in [1.165, 1.54) is 37.5 Å². The molecule has 2 amide bonds. The summed E-state index contributed by atoms with van der Waals surface area (Å²) < 4.78 is 5.10. The first-order chi connectivity index (χ1) is 15.0. The van der Waals surface area contributed by atoms with E-state index >= 15 is 0 Å². The van der Waals surface area contributed by atoms with Gasteiger partial charge in [0.2, 0.25) is 0 Å². The zero-order chi connectivity index (χ0) is 22.2. The summed E-state index contributed by atoms with van der Waals surface area (Å²) in [6.45, 7) is 0. The number of hydrogen-bond donors (Lipinski definition) is 2. The van der Waals surface area contributed by atoms with Gasteiger partial charge in [-0.25, -0.2) is 0 Å². The smallest absolute Gasteiger partial charge is 0.272 e. The molecule has 3 rings (SSSR count). The molecular weight excluding hydrogens is 398 g/mol. The van der Waals surface area contributed by atoms with Crippen molar-refractivity contribution in [3.05, 3.63) is 106 Å². The lowest BCUT2D eigenvalue weighted by molar-refractivity contribution is -0.384. The first kappa shape index (κ1) is 21.3. The molecule has 31 heavy (non-hydrogen) atoms. The number of amides is 2. The quantitative estimate of drug-likeness (QED) is 0.343. The number of benzene rings is 3. The van der Waals surface area contributed by atoms with Crippen molar-refractivity contribution in [1.29, 1.82) is 0 Å². The summed E-state index contributed by atoms with van der Waals surface area (Å²) in [5.74, 6) is -0.372. The molecule has 0 saturated carbocycles. The van der Waals surface area contributed by atoms with Crippen LogP contribution in [0.3, 0.4) is 0 Å². The van der Waals surface area contributed by atoms with Crippen LogP contribution >= 0.6 is 0 Å². The van der Waals surface area contributed by atoms with Gasteiger partial charge in [0, 0.05) is 23.4 Å². The monoisotopic (exact) mass is 417 g/mol. The Morgan fingerprint density at radius 1 is 0.935 bits per heavy atom. The van der Waals surface area contributed by atoms with E-state index in [0.29, 0.717) is 22.6 Å². The van der Waals surface area contributed by atoms with Gasteiger partial charge in [0.15, 0.2) is 0 Å². The number of nitro benzene ring substituents is 1. The molecule has 0 atom stereocenters. The van der Waals surface area contributed by atoms with E-state index in [1.807, 2.05) is 0 Å². The zero-order valence-corrected chi connectivity index (χ0v) is 16.6. The first-order valence-corrected chi connectivity index (χ1v) is 9.24. The van der Waals surface area contributed by atoms with Gasteiger partial charge in [-0.2, -0.15) is 0 Å². The van der Waals surface area contributed by atoms with E-state index in [2.05, 4.69) is 10.6 Å². The van der Waals surface area contributed by atoms with Crippen LogP contribution in [-0.2, 0) is 4.79 Å². The number of nitro groups is 1. The van der Waals surface area contributed by atoms with Gasteiger partial charge >= 0.3 is 0 Å². The molecule has 0 unspecified atom stereocenters. The van der Waals surface area contributed by atoms with Crippen LogP contribution in [0.2, 0.25) is 0 Å². The van der Waals surface area contributed by atoms with E-state index in [4.69, 9.17) is 4.74 Å². The molecule has 3 aromatic rings. The van der Waals surface area contributed by atoms with Gasteiger partial charge in [0.05, 0.1) is 12.0 Å². The predicted molar refractivity (Wildman–Crippen MR) is 117 cm³/mol. The van der Waals surface area contributed by atoms with Crippen molar-refractivity contribution in [3.8, 4) is 5.75 Å². The summed E-state index contributed by atoms with van der Waals surface area (Å²) in [7, 11) is 1.54. The number of nitrogens with one attached hydrogen (secondary N) is 2. The number of anilines is 1. The maximum Gasteiger partial charge on any atom is 0.272 e. The molecule has 0 aliphatic heterocycles. The Morgan fingerprint density at radius 3 is 2.16 bits per heavy atom. The minimum atomic E-state index is -0.548. The lowest BCUT2D eigenvalue weighted by Crippen LogP contribution is -2.30. The van der Waals surface area contributed by atoms with E-state index in [0.717, 1.165) is 0 Å². The lowest BCUT2D eigenvalue weighted by Gasteiger charge is -2.12. The van der Waals surface area contributed by atoms with Gasteiger partial charge in [0.1, 0.15) is 11.4 Å². The highest BCUT2D eigenvalue weighted by atomic mass is 16.6. The summed E-state index contributed by atoms with van der Waals surface area (Å²) in [4.78, 5) is 35.8. The Kier molecular flexibility index (Phi) is 6.74. The van der Waals surface area contributed by atoms with Crippen molar-refractivity contribution in [3.63, 3.8) is 0 Å². The van der Waals surface area contributed by atoms with Gasteiger partial charge in [0.25, 0.3) is 17.5 Å². The van der Waals surface area contributed by atoms with E-state index < -0.39 is 16.7 Å². The fraction of sp³-hybridized carbons (Fsp3) is 0.0435. The number of hydrogen-bond acceptors (Lipinski definition) is 5. The highest BCUT2D eigenvalue weighted by molar-refractivity contribution is 6.10. The van der Waals surface area contributed by atoms with Gasteiger partial charge < -0.3 is 15.4 Å². The second-order valence-electron chi connectivity index (χ2n) is 6.41. The van der Waals surface area contributed by atoms with Crippen LogP contribution in [0.4, 0.5) is 11.4 Å². The molecule has 0 aliphatic rings. The van der Waals surface area contributed by atoms with Crippen molar-refractivity contribution in [1.82, 2.24) is 5.32 Å². The van der Waals surface area contributed by atoms with Crippen LogP contribution in [0.5, 0.6) is 5.75 Å². The molecule has 8 heteroatoms. The molecule has 0 fully saturated rings.